The predicted octanol–water partition coefficient (Wildman–Crippen LogP) is 19.1. The Bertz CT molecular complexity index is 1350. The third-order valence-corrected chi connectivity index (χ3v) is 15.0. The molecule has 0 spiro atoms. The molecule has 2 N–H and O–H groups in total. The van der Waals surface area contributed by atoms with Crippen molar-refractivity contribution >= 4 is 19.7 Å². The second-order valence-electron chi connectivity index (χ2n) is 22.6. The molecular formula is C63H122N2O7P+. The van der Waals surface area contributed by atoms with Gasteiger partial charge < -0.3 is 19.4 Å². The summed E-state index contributed by atoms with van der Waals surface area (Å²) in [5, 5.41) is 3.06. The fraction of sp³-hybridized carbons (Fsp3) is 0.873. The van der Waals surface area contributed by atoms with Crippen LogP contribution in [0.2, 0.25) is 0 Å². The molecule has 0 saturated heterocycles. The highest BCUT2D eigenvalue weighted by Gasteiger charge is 2.30. The molecule has 0 radical (unpaired) electrons. The van der Waals surface area contributed by atoms with Crippen molar-refractivity contribution in [3.63, 3.8) is 0 Å². The smallest absolute Gasteiger partial charge is 0.456 e. The van der Waals surface area contributed by atoms with Gasteiger partial charge in [0.05, 0.1) is 33.8 Å². The molecule has 0 aromatic carbocycles. The zero-order chi connectivity index (χ0) is 53.6. The molecule has 0 aromatic rings. The summed E-state index contributed by atoms with van der Waals surface area (Å²) in [6.07, 6.45) is 64.2. The van der Waals surface area contributed by atoms with Gasteiger partial charge >= 0.3 is 13.8 Å². The highest BCUT2D eigenvalue weighted by Crippen LogP contribution is 2.43. The van der Waals surface area contributed by atoms with Gasteiger partial charge in [0.2, 0.25) is 5.91 Å². The van der Waals surface area contributed by atoms with Crippen LogP contribution in [0, 0.1) is 0 Å². The lowest BCUT2D eigenvalue weighted by molar-refractivity contribution is -0.870. The van der Waals surface area contributed by atoms with Crippen molar-refractivity contribution in [2.75, 3.05) is 40.9 Å². The van der Waals surface area contributed by atoms with Gasteiger partial charge in [0.1, 0.15) is 19.3 Å². The van der Waals surface area contributed by atoms with E-state index in [0.717, 1.165) is 57.8 Å². The molecule has 0 saturated carbocycles. The number of quaternary nitrogens is 1. The monoisotopic (exact) mass is 1050 g/mol. The number of phosphoric ester groups is 1. The van der Waals surface area contributed by atoms with Gasteiger partial charge in [-0.3, -0.25) is 18.6 Å². The van der Waals surface area contributed by atoms with Crippen molar-refractivity contribution in [1.82, 2.24) is 5.32 Å². The standard InChI is InChI=1S/C63H121N2O7P/c1-7-10-13-16-19-22-25-27-29-31-32-34-35-37-40-43-46-49-52-55-62(66)64-60(59-71-73(68,69)70-58-57-65(4,5)6)61(54-51-48-45-42-39-24-21-18-15-12-9-3)72-63(67)56-53-50-47-44-41-38-36-33-30-28-26-23-20-17-14-11-8-2/h27-30,51,54,60-61H,7-26,31-50,52-53,55-59H2,1-6H3,(H-,64,66,68,69)/p+1/b29-27+,30-28+,54-51+. The number of rotatable bonds is 57. The molecule has 0 aromatic heterocycles. The van der Waals surface area contributed by atoms with E-state index in [4.69, 9.17) is 13.8 Å². The van der Waals surface area contributed by atoms with Crippen molar-refractivity contribution < 1.29 is 37.3 Å². The first-order valence-corrected chi connectivity index (χ1v) is 32.8. The van der Waals surface area contributed by atoms with Crippen LogP contribution in [-0.2, 0) is 27.9 Å². The number of esters is 1. The highest BCUT2D eigenvalue weighted by atomic mass is 31.2. The van der Waals surface area contributed by atoms with Crippen LogP contribution in [0.4, 0.5) is 0 Å². The van der Waals surface area contributed by atoms with Gasteiger partial charge in [-0.2, -0.15) is 0 Å². The summed E-state index contributed by atoms with van der Waals surface area (Å²) < 4.78 is 30.7. The molecule has 0 aliphatic rings. The molecule has 0 bridgehead atoms. The number of likely N-dealkylation sites (N-methyl/N-ethyl adjacent to an activating group) is 1. The highest BCUT2D eigenvalue weighted by molar-refractivity contribution is 7.47. The predicted molar refractivity (Wildman–Crippen MR) is 314 cm³/mol. The molecule has 73 heavy (non-hydrogen) atoms. The molecule has 0 heterocycles. The van der Waals surface area contributed by atoms with Crippen molar-refractivity contribution in [2.24, 2.45) is 0 Å². The van der Waals surface area contributed by atoms with Gasteiger partial charge in [0, 0.05) is 12.8 Å². The number of carbonyl (C=O) groups is 2. The number of unbranched alkanes of at least 4 members (excludes halogenated alkanes) is 37. The van der Waals surface area contributed by atoms with E-state index in [1.807, 2.05) is 33.3 Å². The lowest BCUT2D eigenvalue weighted by Gasteiger charge is -2.27. The Morgan fingerprint density at radius 2 is 0.795 bits per heavy atom. The minimum absolute atomic E-state index is 0.0407. The maximum Gasteiger partial charge on any atom is 0.472 e. The molecule has 0 fully saturated rings. The van der Waals surface area contributed by atoms with E-state index in [9.17, 15) is 19.0 Å². The number of nitrogens with one attached hydrogen (secondary N) is 1. The van der Waals surface area contributed by atoms with Gasteiger partial charge in [-0.1, -0.05) is 244 Å². The number of hydrogen-bond donors (Lipinski definition) is 2. The van der Waals surface area contributed by atoms with Crippen LogP contribution in [0.1, 0.15) is 303 Å². The van der Waals surface area contributed by atoms with E-state index in [2.05, 4.69) is 50.4 Å². The summed E-state index contributed by atoms with van der Waals surface area (Å²) in [5.41, 5.74) is 0. The SMILES string of the molecule is CCCCCCCC/C=C/CCCCCCCCCCCC(=O)NC(COP(=O)(O)OCC[N+](C)(C)C)C(/C=C/CCCCCCCCCCC)OC(=O)CCCCCCCCC/C=C/CCCCCCCC. The quantitative estimate of drug-likeness (QED) is 0.0205. The average molecular weight is 1050 g/mol. The Morgan fingerprint density at radius 1 is 0.466 bits per heavy atom. The lowest BCUT2D eigenvalue weighted by Crippen LogP contribution is -2.47. The fourth-order valence-corrected chi connectivity index (χ4v) is 9.90. The minimum Gasteiger partial charge on any atom is -0.456 e. The Kier molecular flexibility index (Phi) is 52.3. The second kappa shape index (κ2) is 53.6. The average Bonchev–Trinajstić information content (AvgIpc) is 3.35. The molecular weight excluding hydrogens is 928 g/mol. The van der Waals surface area contributed by atoms with E-state index in [1.165, 1.54) is 212 Å². The molecule has 1 amide bonds. The zero-order valence-corrected chi connectivity index (χ0v) is 50.0. The van der Waals surface area contributed by atoms with E-state index < -0.39 is 20.0 Å². The van der Waals surface area contributed by atoms with Crippen LogP contribution in [0.25, 0.3) is 0 Å². The molecule has 0 aliphatic carbocycles. The summed E-state index contributed by atoms with van der Waals surface area (Å²) in [5.74, 6) is -0.502. The van der Waals surface area contributed by atoms with E-state index in [0.29, 0.717) is 17.4 Å². The largest absolute Gasteiger partial charge is 0.472 e. The van der Waals surface area contributed by atoms with Crippen LogP contribution < -0.4 is 5.32 Å². The minimum atomic E-state index is -4.44. The van der Waals surface area contributed by atoms with Crippen LogP contribution in [-0.4, -0.2) is 74.3 Å². The van der Waals surface area contributed by atoms with E-state index >= 15 is 0 Å². The fourth-order valence-electron chi connectivity index (χ4n) is 9.17. The number of phosphoric acid groups is 1. The van der Waals surface area contributed by atoms with Gasteiger partial charge in [-0.15, -0.1) is 0 Å². The molecule has 3 atom stereocenters. The number of nitrogens with zero attached hydrogens (tertiary/aromatic N) is 1. The number of hydrogen-bond acceptors (Lipinski definition) is 6. The Balaban J connectivity index is 5.20. The lowest BCUT2D eigenvalue weighted by atomic mass is 10.0. The second-order valence-corrected chi connectivity index (χ2v) is 24.0. The molecule has 3 unspecified atom stereocenters. The van der Waals surface area contributed by atoms with Gasteiger partial charge in [-0.25, -0.2) is 4.57 Å². The van der Waals surface area contributed by atoms with Crippen molar-refractivity contribution in [2.45, 2.75) is 315 Å². The first-order valence-electron chi connectivity index (χ1n) is 31.3. The molecule has 10 heteroatoms. The van der Waals surface area contributed by atoms with Gasteiger partial charge in [-0.05, 0) is 83.1 Å². The number of allylic oxidation sites excluding steroid dienone is 5. The van der Waals surface area contributed by atoms with Gasteiger partial charge in [0.15, 0.2) is 0 Å². The Labute approximate surface area is 453 Å². The maximum absolute atomic E-state index is 13.5. The number of ether oxygens (including phenoxy) is 1. The summed E-state index contributed by atoms with van der Waals surface area (Å²) in [7, 11) is 1.50. The van der Waals surface area contributed by atoms with E-state index in [-0.39, 0.29) is 31.5 Å². The third-order valence-electron chi connectivity index (χ3n) is 14.1. The summed E-state index contributed by atoms with van der Waals surface area (Å²) >= 11 is 0. The number of amides is 1. The van der Waals surface area contributed by atoms with Crippen LogP contribution in [0.3, 0.4) is 0 Å². The summed E-state index contributed by atoms with van der Waals surface area (Å²) in [6, 6.07) is -0.848. The maximum atomic E-state index is 13.5. The summed E-state index contributed by atoms with van der Waals surface area (Å²) in [4.78, 5) is 37.7. The number of carbonyl (C=O) groups excluding carboxylic acids is 2. The van der Waals surface area contributed by atoms with E-state index in [1.54, 1.807) is 0 Å². The van der Waals surface area contributed by atoms with Crippen LogP contribution >= 0.6 is 7.82 Å². The Hall–Kier alpha value is -1.77. The van der Waals surface area contributed by atoms with Crippen LogP contribution in [0.15, 0.2) is 36.5 Å². The topological polar surface area (TPSA) is 111 Å². The summed E-state index contributed by atoms with van der Waals surface area (Å²) in [6.45, 7) is 7.02. The first-order chi connectivity index (χ1) is 35.4. The normalized spacial score (nSPS) is 13.9. The third kappa shape index (κ3) is 54.8. The first kappa shape index (κ1) is 71.2. The van der Waals surface area contributed by atoms with Gasteiger partial charge in [0.25, 0.3) is 0 Å². The Morgan fingerprint density at radius 3 is 1.16 bits per heavy atom. The molecule has 0 rings (SSSR count). The van der Waals surface area contributed by atoms with Crippen molar-refractivity contribution in [3.8, 4) is 0 Å². The molecule has 0 aliphatic heterocycles. The zero-order valence-electron chi connectivity index (χ0n) is 49.1. The van der Waals surface area contributed by atoms with Crippen LogP contribution in [0.5, 0.6) is 0 Å². The van der Waals surface area contributed by atoms with Crippen molar-refractivity contribution in [3.05, 3.63) is 36.5 Å². The molecule has 9 nitrogen and oxygen atoms in total. The molecule has 430 valence electrons. The van der Waals surface area contributed by atoms with Crippen molar-refractivity contribution in [1.29, 1.82) is 0 Å².